The maximum absolute atomic E-state index is 12.4. The zero-order chi connectivity index (χ0) is 17.9. The van der Waals surface area contributed by atoms with Crippen molar-refractivity contribution in [1.82, 2.24) is 15.3 Å². The minimum absolute atomic E-state index is 0.0116. The summed E-state index contributed by atoms with van der Waals surface area (Å²) in [6.07, 6.45) is 3.98. The number of nitrogens with zero attached hydrogens (tertiary/aromatic N) is 3. The third-order valence-corrected chi connectivity index (χ3v) is 4.38. The fraction of sp³-hybridized carbons (Fsp3) is 0.263. The lowest BCUT2D eigenvalue weighted by atomic mass is 10.2. The van der Waals surface area contributed by atoms with Crippen LogP contribution < -0.4 is 15.6 Å². The lowest BCUT2D eigenvalue weighted by molar-refractivity contribution is 0.0923. The normalized spacial score (nSPS) is 13.9. The van der Waals surface area contributed by atoms with Crippen LogP contribution >= 0.6 is 0 Å². The molecule has 132 valence electrons. The molecule has 0 atom stereocenters. The number of amides is 1. The van der Waals surface area contributed by atoms with Crippen LogP contribution in [0.15, 0.2) is 51.8 Å². The third-order valence-electron chi connectivity index (χ3n) is 4.38. The Labute approximate surface area is 149 Å². The molecule has 1 fully saturated rings. The summed E-state index contributed by atoms with van der Waals surface area (Å²) in [5.74, 6) is 0.225. The molecular formula is C19H18N4O3. The average Bonchev–Trinajstić information content (AvgIpc) is 3.21. The standard InChI is InChI=1S/C19H18N4O3/c24-15-11-17(26-16-6-2-1-5-14(15)16)18(25)21-12-13-7-8-20-19(22-13)23-9-3-4-10-23/h1-2,5-8,11H,3-4,9-10,12H2,(H,21,25). The van der Waals surface area contributed by atoms with Crippen LogP contribution in [0.5, 0.6) is 0 Å². The van der Waals surface area contributed by atoms with E-state index in [0.29, 0.717) is 22.6 Å². The highest BCUT2D eigenvalue weighted by Gasteiger charge is 2.16. The molecule has 0 bridgehead atoms. The number of rotatable bonds is 4. The van der Waals surface area contributed by atoms with Crippen LogP contribution in [-0.4, -0.2) is 29.0 Å². The summed E-state index contributed by atoms with van der Waals surface area (Å²) in [5.41, 5.74) is 0.859. The van der Waals surface area contributed by atoms with Crippen molar-refractivity contribution in [2.45, 2.75) is 19.4 Å². The van der Waals surface area contributed by atoms with E-state index in [9.17, 15) is 9.59 Å². The number of anilines is 1. The first-order valence-electron chi connectivity index (χ1n) is 8.59. The zero-order valence-corrected chi connectivity index (χ0v) is 14.1. The number of para-hydroxylation sites is 1. The van der Waals surface area contributed by atoms with Gasteiger partial charge >= 0.3 is 0 Å². The van der Waals surface area contributed by atoms with Gasteiger partial charge in [-0.1, -0.05) is 12.1 Å². The third kappa shape index (κ3) is 3.28. The zero-order valence-electron chi connectivity index (χ0n) is 14.1. The Bertz CT molecular complexity index is 1010. The molecule has 3 heterocycles. The van der Waals surface area contributed by atoms with E-state index in [2.05, 4.69) is 20.2 Å². The van der Waals surface area contributed by atoms with Gasteiger partial charge in [0.05, 0.1) is 17.6 Å². The molecule has 0 spiro atoms. The minimum atomic E-state index is -0.450. The molecule has 4 rings (SSSR count). The van der Waals surface area contributed by atoms with Crippen LogP contribution in [0, 0.1) is 0 Å². The molecule has 1 aliphatic rings. The maximum atomic E-state index is 12.4. The van der Waals surface area contributed by atoms with Crippen molar-refractivity contribution in [1.29, 1.82) is 0 Å². The summed E-state index contributed by atoms with van der Waals surface area (Å²) < 4.78 is 5.54. The summed E-state index contributed by atoms with van der Waals surface area (Å²) in [6.45, 7) is 2.15. The Morgan fingerprint density at radius 2 is 2.00 bits per heavy atom. The molecule has 0 radical (unpaired) electrons. The molecule has 2 aromatic heterocycles. The van der Waals surface area contributed by atoms with E-state index >= 15 is 0 Å². The lowest BCUT2D eigenvalue weighted by Gasteiger charge is -2.15. The minimum Gasteiger partial charge on any atom is -0.451 e. The Kier molecular flexibility index (Phi) is 4.35. The van der Waals surface area contributed by atoms with Gasteiger partial charge in [-0.25, -0.2) is 9.97 Å². The predicted octanol–water partition coefficient (Wildman–Crippen LogP) is 2.11. The van der Waals surface area contributed by atoms with Gasteiger partial charge in [-0.3, -0.25) is 9.59 Å². The highest BCUT2D eigenvalue weighted by Crippen LogP contribution is 2.15. The summed E-state index contributed by atoms with van der Waals surface area (Å²) in [7, 11) is 0. The maximum Gasteiger partial charge on any atom is 0.287 e. The lowest BCUT2D eigenvalue weighted by Crippen LogP contribution is -2.25. The van der Waals surface area contributed by atoms with Crippen molar-refractivity contribution in [3.8, 4) is 0 Å². The van der Waals surface area contributed by atoms with Crippen molar-refractivity contribution in [2.75, 3.05) is 18.0 Å². The van der Waals surface area contributed by atoms with Gasteiger partial charge in [0.2, 0.25) is 5.95 Å². The monoisotopic (exact) mass is 350 g/mol. The molecular weight excluding hydrogens is 332 g/mol. The van der Waals surface area contributed by atoms with Crippen LogP contribution in [-0.2, 0) is 6.54 Å². The predicted molar refractivity (Wildman–Crippen MR) is 97.1 cm³/mol. The van der Waals surface area contributed by atoms with E-state index in [1.807, 2.05) is 0 Å². The van der Waals surface area contributed by atoms with E-state index in [-0.39, 0.29) is 17.7 Å². The van der Waals surface area contributed by atoms with Crippen LogP contribution in [0.1, 0.15) is 29.1 Å². The highest BCUT2D eigenvalue weighted by molar-refractivity contribution is 5.93. The molecule has 1 aromatic carbocycles. The quantitative estimate of drug-likeness (QED) is 0.775. The number of hydrogen-bond donors (Lipinski definition) is 1. The van der Waals surface area contributed by atoms with Crippen LogP contribution in [0.2, 0.25) is 0 Å². The van der Waals surface area contributed by atoms with Gasteiger partial charge in [0.1, 0.15) is 5.58 Å². The van der Waals surface area contributed by atoms with Crippen LogP contribution in [0.3, 0.4) is 0 Å². The molecule has 0 saturated carbocycles. The number of fused-ring (bicyclic) bond motifs is 1. The Hall–Kier alpha value is -3.22. The first-order chi connectivity index (χ1) is 12.7. The second-order valence-electron chi connectivity index (χ2n) is 6.20. The number of nitrogens with one attached hydrogen (secondary N) is 1. The molecule has 3 aromatic rings. The summed E-state index contributed by atoms with van der Waals surface area (Å²) in [6, 6.07) is 9.83. The van der Waals surface area contributed by atoms with Crippen molar-refractivity contribution >= 4 is 22.8 Å². The first kappa shape index (κ1) is 16.3. The first-order valence-corrected chi connectivity index (χ1v) is 8.59. The molecule has 1 N–H and O–H groups in total. The van der Waals surface area contributed by atoms with Gasteiger partial charge in [0.25, 0.3) is 5.91 Å². The van der Waals surface area contributed by atoms with Crippen molar-refractivity contribution in [3.63, 3.8) is 0 Å². The van der Waals surface area contributed by atoms with Gasteiger partial charge in [0.15, 0.2) is 11.2 Å². The van der Waals surface area contributed by atoms with Gasteiger partial charge in [0, 0.05) is 25.4 Å². The van der Waals surface area contributed by atoms with E-state index in [4.69, 9.17) is 4.42 Å². The van der Waals surface area contributed by atoms with Crippen molar-refractivity contribution in [2.24, 2.45) is 0 Å². The van der Waals surface area contributed by atoms with Gasteiger partial charge in [-0.2, -0.15) is 0 Å². The molecule has 0 unspecified atom stereocenters. The molecule has 7 heteroatoms. The van der Waals surface area contributed by atoms with Crippen molar-refractivity contribution in [3.05, 3.63) is 64.3 Å². The van der Waals surface area contributed by atoms with Gasteiger partial charge < -0.3 is 14.6 Å². The molecule has 26 heavy (non-hydrogen) atoms. The van der Waals surface area contributed by atoms with Gasteiger partial charge in [-0.05, 0) is 31.0 Å². The summed E-state index contributed by atoms with van der Waals surface area (Å²) >= 11 is 0. The Balaban J connectivity index is 1.49. The van der Waals surface area contributed by atoms with Gasteiger partial charge in [-0.15, -0.1) is 0 Å². The fourth-order valence-corrected chi connectivity index (χ4v) is 3.03. The summed E-state index contributed by atoms with van der Waals surface area (Å²) in [4.78, 5) is 35.4. The highest BCUT2D eigenvalue weighted by atomic mass is 16.3. The molecule has 1 saturated heterocycles. The number of aromatic nitrogens is 2. The van der Waals surface area contributed by atoms with Crippen LogP contribution in [0.25, 0.3) is 11.0 Å². The number of benzene rings is 1. The molecule has 7 nitrogen and oxygen atoms in total. The summed E-state index contributed by atoms with van der Waals surface area (Å²) in [5, 5.41) is 3.20. The molecule has 0 aliphatic carbocycles. The second kappa shape index (κ2) is 6.95. The second-order valence-corrected chi connectivity index (χ2v) is 6.20. The Morgan fingerprint density at radius 3 is 2.85 bits per heavy atom. The smallest absolute Gasteiger partial charge is 0.287 e. The van der Waals surface area contributed by atoms with Crippen molar-refractivity contribution < 1.29 is 9.21 Å². The van der Waals surface area contributed by atoms with E-state index in [0.717, 1.165) is 25.9 Å². The van der Waals surface area contributed by atoms with E-state index < -0.39 is 5.91 Å². The average molecular weight is 350 g/mol. The molecule has 1 aliphatic heterocycles. The SMILES string of the molecule is O=C(NCc1ccnc(N2CCCC2)n1)c1cc(=O)c2ccccc2o1. The number of hydrogen-bond acceptors (Lipinski definition) is 6. The Morgan fingerprint density at radius 1 is 1.19 bits per heavy atom. The van der Waals surface area contributed by atoms with E-state index in [1.54, 1.807) is 36.5 Å². The number of carbonyl (C=O) groups excluding carboxylic acids is 1. The largest absolute Gasteiger partial charge is 0.451 e. The van der Waals surface area contributed by atoms with Crippen LogP contribution in [0.4, 0.5) is 5.95 Å². The number of carbonyl (C=O) groups is 1. The van der Waals surface area contributed by atoms with E-state index in [1.165, 1.54) is 6.07 Å². The fourth-order valence-electron chi connectivity index (χ4n) is 3.03. The molecule has 1 amide bonds. The topological polar surface area (TPSA) is 88.3 Å².